The lowest BCUT2D eigenvalue weighted by atomic mass is 10.1. The molecule has 1 aromatic carbocycles. The number of thiophene rings is 1. The number of ether oxygens (including phenoxy) is 2. The number of likely N-dealkylation sites (N-methyl/N-ethyl adjacent to an activating group) is 1. The van der Waals surface area contributed by atoms with Crippen LogP contribution in [0.1, 0.15) is 52.8 Å². The summed E-state index contributed by atoms with van der Waals surface area (Å²) >= 11 is 1.26. The lowest BCUT2D eigenvalue weighted by molar-refractivity contribution is 0.0206. The zero-order valence-electron chi connectivity index (χ0n) is 25.1. The number of morpholine rings is 1. The Bertz CT molecular complexity index is 1620. The third kappa shape index (κ3) is 5.79. The number of hydrogen-bond donors (Lipinski definition) is 3. The van der Waals surface area contributed by atoms with E-state index in [0.29, 0.717) is 89.3 Å². The normalized spacial score (nSPS) is 18.1. The van der Waals surface area contributed by atoms with Gasteiger partial charge in [0.2, 0.25) is 0 Å². The van der Waals surface area contributed by atoms with Gasteiger partial charge < -0.3 is 24.6 Å². The number of nitrogens with zero attached hydrogens (tertiary/aromatic N) is 4. The van der Waals surface area contributed by atoms with Gasteiger partial charge in [-0.05, 0) is 45.4 Å². The summed E-state index contributed by atoms with van der Waals surface area (Å²) < 4.78 is 10.8. The van der Waals surface area contributed by atoms with Crippen molar-refractivity contribution in [3.63, 3.8) is 0 Å². The van der Waals surface area contributed by atoms with Crippen molar-refractivity contribution < 1.29 is 28.7 Å². The molecule has 1 atom stereocenters. The van der Waals surface area contributed by atoms with Gasteiger partial charge in [0.1, 0.15) is 11.3 Å². The molecule has 2 aliphatic heterocycles. The van der Waals surface area contributed by atoms with Crippen LogP contribution in [0.2, 0.25) is 0 Å². The fourth-order valence-corrected chi connectivity index (χ4v) is 6.57. The highest BCUT2D eigenvalue weighted by Crippen LogP contribution is 2.44. The number of hydrazine groups is 1. The number of benzene rings is 1. The quantitative estimate of drug-likeness (QED) is 0.305. The number of amides is 4. The number of aromatic nitrogens is 2. The van der Waals surface area contributed by atoms with Crippen molar-refractivity contribution in [1.82, 2.24) is 30.4 Å². The van der Waals surface area contributed by atoms with Crippen LogP contribution in [0.4, 0.5) is 15.3 Å². The minimum absolute atomic E-state index is 0.138. The summed E-state index contributed by atoms with van der Waals surface area (Å²) in [6.07, 6.45) is 0.240. The molecule has 13 nitrogen and oxygen atoms in total. The monoisotopic (exact) mass is 621 g/mol. The number of urea groups is 1. The Morgan fingerprint density at radius 1 is 1.11 bits per heavy atom. The number of rotatable bonds is 5. The minimum atomic E-state index is -0.599. The van der Waals surface area contributed by atoms with E-state index in [2.05, 4.69) is 20.9 Å². The Morgan fingerprint density at radius 3 is 2.64 bits per heavy atom. The van der Waals surface area contributed by atoms with E-state index in [1.165, 1.54) is 11.3 Å². The molecule has 0 unspecified atom stereocenters. The molecule has 6 rings (SSSR count). The number of hydrogen-bond acceptors (Lipinski definition) is 9. The predicted molar refractivity (Wildman–Crippen MR) is 164 cm³/mol. The third-order valence-electron chi connectivity index (χ3n) is 7.80. The molecule has 1 aliphatic carbocycles. The number of carbonyl (C=O) groups is 4. The van der Waals surface area contributed by atoms with Gasteiger partial charge in [-0.15, -0.1) is 11.3 Å². The summed E-state index contributed by atoms with van der Waals surface area (Å²) in [5.74, 6) is -0.393. The fraction of sp³-hybridized carbons (Fsp3) is 0.433. The summed E-state index contributed by atoms with van der Waals surface area (Å²) in [4.78, 5) is 56.9. The second kappa shape index (κ2) is 11.7. The summed E-state index contributed by atoms with van der Waals surface area (Å²) in [5.41, 5.74) is 5.07. The molecule has 0 radical (unpaired) electrons. The van der Waals surface area contributed by atoms with Crippen LogP contribution >= 0.6 is 11.3 Å². The Labute approximate surface area is 258 Å². The highest BCUT2D eigenvalue weighted by atomic mass is 32.1. The van der Waals surface area contributed by atoms with Gasteiger partial charge in [0.15, 0.2) is 5.78 Å². The molecule has 2 fully saturated rings. The second-order valence-electron chi connectivity index (χ2n) is 12.0. The standard InChI is InChI=1S/C30H35N7O6S/c1-30(2,3)43-29(41)35(4)17-10-11-36(16-17)27(39)21-9-8-20(44-21)25-23-24(32-33-25)18-6-5-7-19(22(18)26(23)38)31-28(40)34-37-12-14-42-15-13-37/h5-9,17H,10-16H2,1-4H3,(H,32,33)(H2,31,34,40)/t17-/m0/s1. The van der Waals surface area contributed by atoms with E-state index in [1.54, 1.807) is 46.1 Å². The zero-order valence-corrected chi connectivity index (χ0v) is 25.9. The Kier molecular flexibility index (Phi) is 7.90. The molecule has 3 N–H and O–H groups in total. The second-order valence-corrected chi connectivity index (χ2v) is 13.1. The van der Waals surface area contributed by atoms with Crippen molar-refractivity contribution in [3.8, 4) is 21.8 Å². The van der Waals surface area contributed by atoms with Gasteiger partial charge in [-0.25, -0.2) is 14.6 Å². The zero-order chi connectivity index (χ0) is 31.2. The number of ketones is 1. The van der Waals surface area contributed by atoms with Crippen LogP contribution < -0.4 is 10.7 Å². The fourth-order valence-electron chi connectivity index (χ4n) is 5.60. The van der Waals surface area contributed by atoms with Crippen LogP contribution in [0, 0.1) is 0 Å². The average Bonchev–Trinajstić information content (AvgIpc) is 3.78. The molecule has 4 amide bonds. The van der Waals surface area contributed by atoms with E-state index in [1.807, 2.05) is 26.8 Å². The molecule has 0 bridgehead atoms. The predicted octanol–water partition coefficient (Wildman–Crippen LogP) is 3.80. The number of likely N-dealkylation sites (tertiary alicyclic amines) is 1. The van der Waals surface area contributed by atoms with E-state index in [9.17, 15) is 19.2 Å². The molecule has 2 aromatic heterocycles. The molecule has 232 valence electrons. The maximum atomic E-state index is 13.8. The number of fused-ring (bicyclic) bond motifs is 3. The van der Waals surface area contributed by atoms with Gasteiger partial charge in [0, 0.05) is 38.8 Å². The number of nitrogens with one attached hydrogen (secondary N) is 3. The van der Waals surface area contributed by atoms with Gasteiger partial charge in [-0.2, -0.15) is 5.10 Å². The molecule has 14 heteroatoms. The average molecular weight is 622 g/mol. The lowest BCUT2D eigenvalue weighted by Gasteiger charge is -2.28. The van der Waals surface area contributed by atoms with Gasteiger partial charge in [0.05, 0.1) is 51.5 Å². The molecular formula is C30H35N7O6S. The molecule has 4 heterocycles. The smallest absolute Gasteiger partial charge is 0.410 e. The first-order chi connectivity index (χ1) is 21.0. The van der Waals surface area contributed by atoms with E-state index in [0.717, 1.165) is 0 Å². The van der Waals surface area contributed by atoms with Crippen LogP contribution in [-0.2, 0) is 9.47 Å². The van der Waals surface area contributed by atoms with Gasteiger partial charge >= 0.3 is 12.1 Å². The summed E-state index contributed by atoms with van der Waals surface area (Å²) in [6.45, 7) is 8.60. The van der Waals surface area contributed by atoms with Gasteiger partial charge in [-0.1, -0.05) is 12.1 Å². The lowest BCUT2D eigenvalue weighted by Crippen LogP contribution is -2.49. The maximum Gasteiger partial charge on any atom is 0.410 e. The van der Waals surface area contributed by atoms with Crippen molar-refractivity contribution >= 4 is 40.8 Å². The number of H-pyrrole nitrogens is 1. The number of anilines is 1. The highest BCUT2D eigenvalue weighted by molar-refractivity contribution is 7.17. The molecule has 0 spiro atoms. The van der Waals surface area contributed by atoms with Crippen molar-refractivity contribution in [1.29, 1.82) is 0 Å². The highest BCUT2D eigenvalue weighted by Gasteiger charge is 2.37. The molecule has 0 saturated carbocycles. The minimum Gasteiger partial charge on any atom is -0.444 e. The SMILES string of the molecule is CN(C(=O)OC(C)(C)C)[C@H]1CCN(C(=O)c2ccc(-c3n[nH]c4c3C(=O)c3c(NC(=O)NN5CCOCC5)cccc3-4)s2)C1. The molecule has 2 saturated heterocycles. The third-order valence-corrected chi connectivity index (χ3v) is 8.88. The number of aromatic amines is 1. The van der Waals surface area contributed by atoms with Gasteiger partial charge in [0.25, 0.3) is 5.91 Å². The largest absolute Gasteiger partial charge is 0.444 e. The first kappa shape index (κ1) is 29.8. The van der Waals surface area contributed by atoms with Crippen molar-refractivity contribution in [2.24, 2.45) is 0 Å². The van der Waals surface area contributed by atoms with Crippen LogP contribution in [0.25, 0.3) is 21.8 Å². The molecule has 3 aliphatic rings. The summed E-state index contributed by atoms with van der Waals surface area (Å²) in [7, 11) is 1.70. The molecule has 3 aromatic rings. The van der Waals surface area contributed by atoms with Gasteiger partial charge in [-0.3, -0.25) is 20.1 Å². The van der Waals surface area contributed by atoms with Crippen LogP contribution in [0.15, 0.2) is 30.3 Å². The number of carbonyl (C=O) groups excluding carboxylic acids is 4. The van der Waals surface area contributed by atoms with Crippen molar-refractivity contribution in [2.45, 2.75) is 38.8 Å². The van der Waals surface area contributed by atoms with E-state index >= 15 is 0 Å². The van der Waals surface area contributed by atoms with E-state index in [-0.39, 0.29) is 17.7 Å². The van der Waals surface area contributed by atoms with Crippen LogP contribution in [0.3, 0.4) is 0 Å². The first-order valence-corrected chi connectivity index (χ1v) is 15.3. The first-order valence-electron chi connectivity index (χ1n) is 14.5. The Morgan fingerprint density at radius 2 is 1.89 bits per heavy atom. The van der Waals surface area contributed by atoms with E-state index in [4.69, 9.17) is 9.47 Å². The van der Waals surface area contributed by atoms with Crippen LogP contribution in [0.5, 0.6) is 0 Å². The molecule has 44 heavy (non-hydrogen) atoms. The Hall–Kier alpha value is -4.27. The van der Waals surface area contributed by atoms with E-state index < -0.39 is 17.7 Å². The topological polar surface area (TPSA) is 149 Å². The van der Waals surface area contributed by atoms with Crippen molar-refractivity contribution in [3.05, 3.63) is 46.3 Å². The molecular weight excluding hydrogens is 586 g/mol. The Balaban J connectivity index is 1.15. The summed E-state index contributed by atoms with van der Waals surface area (Å²) in [6, 6.07) is 8.23. The summed E-state index contributed by atoms with van der Waals surface area (Å²) in [5, 5.41) is 12.0. The van der Waals surface area contributed by atoms with Crippen LogP contribution in [-0.4, -0.2) is 107 Å². The maximum absolute atomic E-state index is 13.8. The van der Waals surface area contributed by atoms with Crippen molar-refractivity contribution in [2.75, 3.05) is 51.8 Å².